The van der Waals surface area contributed by atoms with Gasteiger partial charge >= 0.3 is 0 Å². The minimum Gasteiger partial charge on any atom is -0.508 e. The largest absolute Gasteiger partial charge is 0.508 e. The lowest BCUT2D eigenvalue weighted by molar-refractivity contribution is 0.471. The molecule has 0 spiro atoms. The molecule has 1 N–H and O–H groups in total. The minimum atomic E-state index is 0.351. The van der Waals surface area contributed by atoms with Crippen molar-refractivity contribution in [3.63, 3.8) is 0 Å². The van der Waals surface area contributed by atoms with Crippen molar-refractivity contribution < 1.29 is 5.11 Å². The van der Waals surface area contributed by atoms with Gasteiger partial charge in [0, 0.05) is 28.9 Å². The maximum absolute atomic E-state index is 10.1. The first-order chi connectivity index (χ1) is 10.7. The summed E-state index contributed by atoms with van der Waals surface area (Å²) in [5.41, 5.74) is 4.44. The average molecular weight is 287 g/mol. The lowest BCUT2D eigenvalue weighted by atomic mass is 10.1. The van der Waals surface area contributed by atoms with Gasteiger partial charge in [0.1, 0.15) is 5.75 Å². The Kier molecular flexibility index (Phi) is 2.90. The molecule has 0 aliphatic rings. The van der Waals surface area contributed by atoms with Gasteiger partial charge in [-0.05, 0) is 30.2 Å². The fraction of sp³-hybridized carbons (Fsp3) is 0.100. The number of phenols is 1. The van der Waals surface area contributed by atoms with Crippen molar-refractivity contribution in [2.24, 2.45) is 0 Å². The van der Waals surface area contributed by atoms with Crippen molar-refractivity contribution in [2.45, 2.75) is 13.5 Å². The molecule has 4 rings (SSSR count). The summed E-state index contributed by atoms with van der Waals surface area (Å²) in [4.78, 5) is 0. The molecule has 0 radical (unpaired) electrons. The number of hydrogen-bond acceptors (Lipinski definition) is 1. The number of hydrogen-bond donors (Lipinski definition) is 1. The number of benzene rings is 3. The number of rotatable bonds is 2. The third kappa shape index (κ3) is 1.96. The van der Waals surface area contributed by atoms with Crippen molar-refractivity contribution >= 4 is 21.8 Å². The molecule has 0 atom stereocenters. The molecular weight excluding hydrogens is 270 g/mol. The molecule has 0 saturated heterocycles. The second-order valence-corrected chi connectivity index (χ2v) is 5.74. The van der Waals surface area contributed by atoms with Gasteiger partial charge in [-0.3, -0.25) is 0 Å². The molecule has 4 aromatic rings. The number of phenolic OH excluding ortho intramolecular Hbond substituents is 1. The number of para-hydroxylation sites is 1. The molecule has 3 aromatic carbocycles. The van der Waals surface area contributed by atoms with E-state index in [1.54, 1.807) is 0 Å². The maximum Gasteiger partial charge on any atom is 0.120 e. The van der Waals surface area contributed by atoms with Crippen LogP contribution < -0.4 is 0 Å². The van der Waals surface area contributed by atoms with Crippen LogP contribution in [0.2, 0.25) is 0 Å². The van der Waals surface area contributed by atoms with Gasteiger partial charge in [0.25, 0.3) is 0 Å². The Bertz CT molecular complexity index is 967. The molecule has 0 saturated carbocycles. The molecule has 22 heavy (non-hydrogen) atoms. The normalized spacial score (nSPS) is 11.3. The Balaban J connectivity index is 2.04. The van der Waals surface area contributed by atoms with Gasteiger partial charge in [-0.1, -0.05) is 48.5 Å². The van der Waals surface area contributed by atoms with Crippen molar-refractivity contribution in [1.82, 2.24) is 4.57 Å². The van der Waals surface area contributed by atoms with Crippen LogP contribution in [0.4, 0.5) is 0 Å². The van der Waals surface area contributed by atoms with Crippen LogP contribution in [0.1, 0.15) is 11.1 Å². The van der Waals surface area contributed by atoms with Crippen LogP contribution in [0.5, 0.6) is 5.75 Å². The lowest BCUT2D eigenvalue weighted by Gasteiger charge is -2.08. The van der Waals surface area contributed by atoms with E-state index < -0.39 is 0 Å². The summed E-state index contributed by atoms with van der Waals surface area (Å²) in [5, 5.41) is 12.5. The Morgan fingerprint density at radius 3 is 2.36 bits per heavy atom. The molecule has 2 nitrogen and oxygen atoms in total. The van der Waals surface area contributed by atoms with Crippen LogP contribution in [0.15, 0.2) is 66.7 Å². The highest BCUT2D eigenvalue weighted by atomic mass is 16.3. The Morgan fingerprint density at radius 2 is 1.55 bits per heavy atom. The molecular formula is C20H17NO. The second-order valence-electron chi connectivity index (χ2n) is 5.74. The molecule has 0 fully saturated rings. The number of aromatic hydroxyl groups is 1. The predicted octanol–water partition coefficient (Wildman–Crippen LogP) is 4.86. The minimum absolute atomic E-state index is 0.351. The zero-order valence-corrected chi connectivity index (χ0v) is 12.5. The Morgan fingerprint density at radius 1 is 0.818 bits per heavy atom. The van der Waals surface area contributed by atoms with E-state index in [-0.39, 0.29) is 0 Å². The smallest absolute Gasteiger partial charge is 0.120 e. The molecule has 0 aliphatic heterocycles. The van der Waals surface area contributed by atoms with Gasteiger partial charge in [0.05, 0.1) is 5.52 Å². The third-order valence-corrected chi connectivity index (χ3v) is 4.27. The van der Waals surface area contributed by atoms with Crippen LogP contribution in [-0.2, 0) is 6.54 Å². The van der Waals surface area contributed by atoms with Crippen molar-refractivity contribution in [2.75, 3.05) is 0 Å². The first-order valence-corrected chi connectivity index (χ1v) is 7.48. The molecule has 1 heterocycles. The third-order valence-electron chi connectivity index (χ3n) is 4.27. The number of aromatic nitrogens is 1. The zero-order valence-electron chi connectivity index (χ0n) is 12.5. The zero-order chi connectivity index (χ0) is 15.1. The van der Waals surface area contributed by atoms with E-state index in [0.29, 0.717) is 5.75 Å². The average Bonchev–Trinajstić information content (AvgIpc) is 2.83. The summed E-state index contributed by atoms with van der Waals surface area (Å²) < 4.78 is 2.28. The van der Waals surface area contributed by atoms with Gasteiger partial charge in [0.15, 0.2) is 0 Å². The highest BCUT2D eigenvalue weighted by molar-refractivity contribution is 6.08. The van der Waals surface area contributed by atoms with E-state index >= 15 is 0 Å². The standard InChI is InChI=1S/C20H17NO/c1-14-11-17-16-9-5-6-10-18(16)21(19(17)12-20(14)22)13-15-7-3-2-4-8-15/h2-12,22H,13H2,1H3. The Labute approximate surface area is 129 Å². The summed E-state index contributed by atoms with van der Waals surface area (Å²) >= 11 is 0. The van der Waals surface area contributed by atoms with Crippen LogP contribution in [0, 0.1) is 6.92 Å². The van der Waals surface area contributed by atoms with Crippen molar-refractivity contribution in [1.29, 1.82) is 0 Å². The molecule has 1 aromatic heterocycles. The Hall–Kier alpha value is -2.74. The lowest BCUT2D eigenvalue weighted by Crippen LogP contribution is -1.99. The quantitative estimate of drug-likeness (QED) is 0.560. The molecule has 0 bridgehead atoms. The summed E-state index contributed by atoms with van der Waals surface area (Å²) in [6, 6.07) is 22.8. The maximum atomic E-state index is 10.1. The van der Waals surface area contributed by atoms with E-state index in [2.05, 4.69) is 59.2 Å². The van der Waals surface area contributed by atoms with E-state index in [4.69, 9.17) is 0 Å². The van der Waals surface area contributed by atoms with Crippen molar-refractivity contribution in [3.05, 3.63) is 77.9 Å². The van der Waals surface area contributed by atoms with E-state index in [9.17, 15) is 5.11 Å². The van der Waals surface area contributed by atoms with E-state index in [1.165, 1.54) is 21.9 Å². The fourth-order valence-electron chi connectivity index (χ4n) is 3.13. The number of aryl methyl sites for hydroxylation is 1. The fourth-order valence-corrected chi connectivity index (χ4v) is 3.13. The SMILES string of the molecule is Cc1cc2c3ccccc3n(Cc3ccccc3)c2cc1O. The number of nitrogens with zero attached hydrogens (tertiary/aromatic N) is 1. The summed E-state index contributed by atoms with van der Waals surface area (Å²) in [7, 11) is 0. The summed E-state index contributed by atoms with van der Waals surface area (Å²) in [5.74, 6) is 0.351. The topological polar surface area (TPSA) is 25.2 Å². The first-order valence-electron chi connectivity index (χ1n) is 7.48. The van der Waals surface area contributed by atoms with Gasteiger partial charge in [0.2, 0.25) is 0 Å². The predicted molar refractivity (Wildman–Crippen MR) is 91.4 cm³/mol. The monoisotopic (exact) mass is 287 g/mol. The molecule has 0 amide bonds. The van der Waals surface area contributed by atoms with Crippen molar-refractivity contribution in [3.8, 4) is 5.75 Å². The molecule has 2 heteroatoms. The van der Waals surface area contributed by atoms with Crippen LogP contribution in [-0.4, -0.2) is 9.67 Å². The molecule has 0 unspecified atom stereocenters. The van der Waals surface area contributed by atoms with E-state index in [1.807, 2.05) is 19.1 Å². The summed E-state index contributed by atoms with van der Waals surface area (Å²) in [6.07, 6.45) is 0. The van der Waals surface area contributed by atoms with Crippen LogP contribution in [0.3, 0.4) is 0 Å². The molecule has 108 valence electrons. The van der Waals surface area contributed by atoms with Gasteiger partial charge in [-0.2, -0.15) is 0 Å². The van der Waals surface area contributed by atoms with Gasteiger partial charge in [-0.15, -0.1) is 0 Å². The number of fused-ring (bicyclic) bond motifs is 3. The highest BCUT2D eigenvalue weighted by Gasteiger charge is 2.12. The second kappa shape index (κ2) is 4.92. The summed E-state index contributed by atoms with van der Waals surface area (Å²) in [6.45, 7) is 2.74. The molecule has 0 aliphatic carbocycles. The first kappa shape index (κ1) is 13.0. The van der Waals surface area contributed by atoms with Gasteiger partial charge in [-0.25, -0.2) is 0 Å². The van der Waals surface area contributed by atoms with E-state index in [0.717, 1.165) is 17.6 Å². The van der Waals surface area contributed by atoms with Gasteiger partial charge < -0.3 is 9.67 Å². The highest BCUT2D eigenvalue weighted by Crippen LogP contribution is 2.33. The van der Waals surface area contributed by atoms with Crippen LogP contribution in [0.25, 0.3) is 21.8 Å². The van der Waals surface area contributed by atoms with Crippen LogP contribution >= 0.6 is 0 Å².